The first-order chi connectivity index (χ1) is 10.7. The van der Waals surface area contributed by atoms with Crippen molar-refractivity contribution in [2.24, 2.45) is 0 Å². The number of nitrogens with one attached hydrogen (secondary N) is 1. The van der Waals surface area contributed by atoms with Crippen molar-refractivity contribution in [2.75, 3.05) is 18.4 Å². The number of rotatable bonds is 2. The second kappa shape index (κ2) is 6.68. The van der Waals surface area contributed by atoms with Gasteiger partial charge >= 0.3 is 6.09 Å². The van der Waals surface area contributed by atoms with Crippen molar-refractivity contribution in [1.82, 2.24) is 4.90 Å². The Morgan fingerprint density at radius 2 is 1.70 bits per heavy atom. The Bertz CT molecular complexity index is 579. The number of benzene rings is 1. The maximum absolute atomic E-state index is 13.6. The lowest BCUT2D eigenvalue weighted by Crippen LogP contribution is -2.44. The molecule has 1 aromatic carbocycles. The molecule has 0 atom stereocenters. The van der Waals surface area contributed by atoms with Crippen molar-refractivity contribution in [3.63, 3.8) is 0 Å². The molecular formula is C16H21F3N2O2. The van der Waals surface area contributed by atoms with Crippen LogP contribution in [0.5, 0.6) is 0 Å². The van der Waals surface area contributed by atoms with Crippen LogP contribution in [-0.2, 0) is 4.74 Å². The summed E-state index contributed by atoms with van der Waals surface area (Å²) in [5, 5.41) is 2.86. The van der Waals surface area contributed by atoms with Gasteiger partial charge in [-0.25, -0.2) is 18.0 Å². The first kappa shape index (κ1) is 17.4. The molecule has 0 spiro atoms. The van der Waals surface area contributed by atoms with E-state index in [1.54, 1.807) is 25.7 Å². The number of hydrogen-bond acceptors (Lipinski definition) is 3. The Morgan fingerprint density at radius 1 is 1.13 bits per heavy atom. The molecule has 0 aliphatic carbocycles. The fourth-order valence-electron chi connectivity index (χ4n) is 2.39. The Labute approximate surface area is 133 Å². The zero-order chi connectivity index (χ0) is 17.2. The molecule has 1 aliphatic heterocycles. The highest BCUT2D eigenvalue weighted by atomic mass is 19.2. The SMILES string of the molecule is CC(C)(C)OC(=O)N1CCC(Nc2cc(F)c(F)cc2F)CC1. The van der Waals surface area contributed by atoms with Gasteiger partial charge in [-0.05, 0) is 33.6 Å². The van der Waals surface area contributed by atoms with Crippen LogP contribution in [0.1, 0.15) is 33.6 Å². The maximum atomic E-state index is 13.6. The number of ether oxygens (including phenoxy) is 1. The van der Waals surface area contributed by atoms with Crippen LogP contribution in [0.15, 0.2) is 12.1 Å². The second-order valence-corrected chi connectivity index (χ2v) is 6.63. The lowest BCUT2D eigenvalue weighted by Gasteiger charge is -2.34. The molecule has 1 heterocycles. The third kappa shape index (κ3) is 4.77. The molecular weight excluding hydrogens is 309 g/mol. The minimum atomic E-state index is -1.22. The fourth-order valence-corrected chi connectivity index (χ4v) is 2.39. The van der Waals surface area contributed by atoms with Gasteiger partial charge in [-0.2, -0.15) is 0 Å². The number of carbonyl (C=O) groups is 1. The van der Waals surface area contributed by atoms with Crippen LogP contribution in [-0.4, -0.2) is 35.7 Å². The second-order valence-electron chi connectivity index (χ2n) is 6.63. The maximum Gasteiger partial charge on any atom is 0.410 e. The highest BCUT2D eigenvalue weighted by Crippen LogP contribution is 2.23. The molecule has 1 amide bonds. The van der Waals surface area contributed by atoms with Gasteiger partial charge in [0.05, 0.1) is 5.69 Å². The Morgan fingerprint density at radius 3 is 2.26 bits per heavy atom. The van der Waals surface area contributed by atoms with Gasteiger partial charge in [0.15, 0.2) is 11.6 Å². The van der Waals surface area contributed by atoms with Gasteiger partial charge in [0, 0.05) is 31.3 Å². The van der Waals surface area contributed by atoms with Crippen LogP contribution in [0.25, 0.3) is 0 Å². The minimum Gasteiger partial charge on any atom is -0.444 e. The molecule has 1 aliphatic rings. The van der Waals surface area contributed by atoms with Crippen LogP contribution < -0.4 is 5.32 Å². The number of piperidine rings is 1. The van der Waals surface area contributed by atoms with E-state index in [4.69, 9.17) is 4.74 Å². The number of carbonyl (C=O) groups excluding carboxylic acids is 1. The highest BCUT2D eigenvalue weighted by molar-refractivity contribution is 5.68. The highest BCUT2D eigenvalue weighted by Gasteiger charge is 2.27. The first-order valence-electron chi connectivity index (χ1n) is 7.55. The predicted octanol–water partition coefficient (Wildman–Crippen LogP) is 3.92. The number of hydrogen-bond donors (Lipinski definition) is 1. The van der Waals surface area contributed by atoms with Crippen LogP contribution in [0.4, 0.5) is 23.7 Å². The van der Waals surface area contributed by atoms with E-state index in [2.05, 4.69) is 5.32 Å². The summed E-state index contributed by atoms with van der Waals surface area (Å²) in [4.78, 5) is 13.5. The quantitative estimate of drug-likeness (QED) is 0.836. The van der Waals surface area contributed by atoms with E-state index in [1.807, 2.05) is 0 Å². The van der Waals surface area contributed by atoms with Gasteiger partial charge in [-0.1, -0.05) is 0 Å². The molecule has 0 bridgehead atoms. The number of anilines is 1. The molecule has 1 fully saturated rings. The molecule has 7 heteroatoms. The van der Waals surface area contributed by atoms with E-state index in [1.165, 1.54) is 0 Å². The molecule has 0 saturated carbocycles. The number of halogens is 3. The van der Waals surface area contributed by atoms with Crippen molar-refractivity contribution in [3.8, 4) is 0 Å². The third-order valence-corrected chi connectivity index (χ3v) is 3.52. The zero-order valence-corrected chi connectivity index (χ0v) is 13.5. The van der Waals surface area contributed by atoms with Gasteiger partial charge in [0.1, 0.15) is 11.4 Å². The van der Waals surface area contributed by atoms with Crippen molar-refractivity contribution in [1.29, 1.82) is 0 Å². The summed E-state index contributed by atoms with van der Waals surface area (Å²) >= 11 is 0. The average Bonchev–Trinajstić information content (AvgIpc) is 2.43. The van der Waals surface area contributed by atoms with Gasteiger partial charge in [-0.15, -0.1) is 0 Å². The van der Waals surface area contributed by atoms with Crippen molar-refractivity contribution >= 4 is 11.8 Å². The summed E-state index contributed by atoms with van der Waals surface area (Å²) in [7, 11) is 0. The van der Waals surface area contributed by atoms with Crippen LogP contribution in [0.3, 0.4) is 0 Å². The van der Waals surface area contributed by atoms with Crippen LogP contribution >= 0.6 is 0 Å². The Hall–Kier alpha value is -1.92. The molecule has 128 valence electrons. The van der Waals surface area contributed by atoms with Crippen LogP contribution in [0.2, 0.25) is 0 Å². The molecule has 23 heavy (non-hydrogen) atoms. The van der Waals surface area contributed by atoms with Crippen molar-refractivity contribution in [3.05, 3.63) is 29.6 Å². The number of amides is 1. The summed E-state index contributed by atoms with van der Waals surface area (Å²) in [6.45, 7) is 6.30. The topological polar surface area (TPSA) is 41.6 Å². The smallest absolute Gasteiger partial charge is 0.410 e. The number of likely N-dealkylation sites (tertiary alicyclic amines) is 1. The third-order valence-electron chi connectivity index (χ3n) is 3.52. The van der Waals surface area contributed by atoms with E-state index < -0.39 is 23.1 Å². The fraction of sp³-hybridized carbons (Fsp3) is 0.562. The Balaban J connectivity index is 1.90. The summed E-state index contributed by atoms with van der Waals surface area (Å²) in [5.41, 5.74) is -0.624. The molecule has 4 nitrogen and oxygen atoms in total. The molecule has 0 unspecified atom stereocenters. The largest absolute Gasteiger partial charge is 0.444 e. The summed E-state index contributed by atoms with van der Waals surface area (Å²) in [6.07, 6.45) is 0.755. The standard InChI is InChI=1S/C16H21F3N2O2/c1-16(2,3)23-15(22)21-6-4-10(5-7-21)20-14-9-12(18)11(17)8-13(14)19/h8-10,20H,4-7H2,1-3H3. The zero-order valence-electron chi connectivity index (χ0n) is 13.5. The van der Waals surface area contributed by atoms with E-state index >= 15 is 0 Å². The molecule has 0 aromatic heterocycles. The summed E-state index contributed by atoms with van der Waals surface area (Å²) in [6, 6.07) is 1.21. The van der Waals surface area contributed by atoms with Gasteiger partial charge in [-0.3, -0.25) is 0 Å². The van der Waals surface area contributed by atoms with E-state index in [0.29, 0.717) is 32.0 Å². The van der Waals surface area contributed by atoms with E-state index in [-0.39, 0.29) is 17.8 Å². The monoisotopic (exact) mass is 330 g/mol. The van der Waals surface area contributed by atoms with Gasteiger partial charge in [0.2, 0.25) is 0 Å². The first-order valence-corrected chi connectivity index (χ1v) is 7.55. The molecule has 1 aromatic rings. The summed E-state index contributed by atoms with van der Waals surface area (Å²) in [5.74, 6) is -3.15. The Kier molecular flexibility index (Phi) is 5.06. The van der Waals surface area contributed by atoms with Crippen molar-refractivity contribution in [2.45, 2.75) is 45.3 Å². The predicted molar refractivity (Wildman–Crippen MR) is 80.8 cm³/mol. The lowest BCUT2D eigenvalue weighted by atomic mass is 10.0. The van der Waals surface area contributed by atoms with E-state index in [0.717, 1.165) is 6.07 Å². The van der Waals surface area contributed by atoms with Gasteiger partial charge < -0.3 is 15.0 Å². The van der Waals surface area contributed by atoms with Gasteiger partial charge in [0.25, 0.3) is 0 Å². The molecule has 0 radical (unpaired) electrons. The van der Waals surface area contributed by atoms with Crippen LogP contribution in [0, 0.1) is 17.5 Å². The lowest BCUT2D eigenvalue weighted by molar-refractivity contribution is 0.0210. The molecule has 1 N–H and O–H groups in total. The average molecular weight is 330 g/mol. The minimum absolute atomic E-state index is 0.0698. The number of nitrogens with zero attached hydrogens (tertiary/aromatic N) is 1. The summed E-state index contributed by atoms with van der Waals surface area (Å²) < 4.78 is 45.0. The van der Waals surface area contributed by atoms with Crippen molar-refractivity contribution < 1.29 is 22.7 Å². The molecule has 2 rings (SSSR count). The normalized spacial score (nSPS) is 16.3. The molecule has 1 saturated heterocycles. The van der Waals surface area contributed by atoms with E-state index in [9.17, 15) is 18.0 Å².